The van der Waals surface area contributed by atoms with Crippen LogP contribution in [0.2, 0.25) is 10.0 Å². The number of carbonyl (C=O) groups excluding carboxylic acids is 1. The Morgan fingerprint density at radius 3 is 2.47 bits per heavy atom. The number of H-pyrrole nitrogens is 1. The molecule has 2 heterocycles. The topological polar surface area (TPSA) is 121 Å². The molecule has 0 aliphatic rings. The van der Waals surface area contributed by atoms with Gasteiger partial charge in [-0.2, -0.15) is 5.10 Å². The summed E-state index contributed by atoms with van der Waals surface area (Å²) in [7, 11) is 1.86. The van der Waals surface area contributed by atoms with Crippen LogP contribution in [0.25, 0.3) is 33.7 Å². The van der Waals surface area contributed by atoms with Gasteiger partial charge >= 0.3 is 5.97 Å². The van der Waals surface area contributed by atoms with Crippen LogP contribution in [-0.4, -0.2) is 51.4 Å². The van der Waals surface area contributed by atoms with Gasteiger partial charge in [0, 0.05) is 58.6 Å². The number of ether oxygens (including phenoxy) is 1. The summed E-state index contributed by atoms with van der Waals surface area (Å²) in [5.74, 6) is -0.215. The average molecular weight is 703 g/mol. The number of carboxylic acids is 1. The van der Waals surface area contributed by atoms with Crippen LogP contribution in [-0.2, 0) is 11.8 Å². The van der Waals surface area contributed by atoms with Crippen molar-refractivity contribution in [2.75, 3.05) is 18.5 Å². The van der Waals surface area contributed by atoms with Crippen molar-refractivity contribution < 1.29 is 19.4 Å². The Hall–Kier alpha value is -4.73. The normalized spacial score (nSPS) is 12.3. The van der Waals surface area contributed by atoms with E-state index in [9.17, 15) is 14.7 Å². The average Bonchev–Trinajstić information content (AvgIpc) is 3.58. The van der Waals surface area contributed by atoms with Crippen LogP contribution in [0.4, 0.5) is 5.69 Å². The zero-order valence-corrected chi connectivity index (χ0v) is 30.0. The summed E-state index contributed by atoms with van der Waals surface area (Å²) in [6.45, 7) is 10.7. The molecule has 0 fully saturated rings. The van der Waals surface area contributed by atoms with Crippen LogP contribution >= 0.6 is 23.2 Å². The van der Waals surface area contributed by atoms with Gasteiger partial charge in [-0.25, -0.2) is 4.79 Å². The molecule has 0 bridgehead atoms. The molecule has 9 nitrogen and oxygen atoms in total. The standard InChI is InChI=1S/C38H41Cl2N5O4/c1-21-15-28(16-22(2)35(21)40)49-14-8-10-26(17-27-9-7-11-30-31(38(47)48)19-45(6)37(27)30)29-12-13-32(39)34(33-24(4)43-44-25(33)5)36(29)42-23(3)18-41-20-46/h7,9,11-13,15-17,19-20,23,42H,8,10,14,18H2,1-6H3,(H,41,46)(H,43,44)(H,47,48)/b26-17+/t23-/m1/s1. The van der Waals surface area contributed by atoms with E-state index in [-0.39, 0.29) is 11.6 Å². The molecule has 0 spiro atoms. The number of nitrogens with one attached hydrogen (secondary N) is 3. The first-order valence-electron chi connectivity index (χ1n) is 16.1. The summed E-state index contributed by atoms with van der Waals surface area (Å²) < 4.78 is 8.06. The summed E-state index contributed by atoms with van der Waals surface area (Å²) in [5, 5.41) is 25.8. The van der Waals surface area contributed by atoms with E-state index in [0.717, 1.165) is 72.3 Å². The summed E-state index contributed by atoms with van der Waals surface area (Å²) in [6, 6.07) is 13.3. The van der Waals surface area contributed by atoms with Gasteiger partial charge in [0.2, 0.25) is 6.41 Å². The van der Waals surface area contributed by atoms with Crippen LogP contribution in [0.5, 0.6) is 5.75 Å². The molecular weight excluding hydrogens is 661 g/mol. The van der Waals surface area contributed by atoms with Gasteiger partial charge in [0.25, 0.3) is 0 Å². The van der Waals surface area contributed by atoms with Crippen molar-refractivity contribution in [2.24, 2.45) is 7.05 Å². The molecule has 0 aliphatic heterocycles. The van der Waals surface area contributed by atoms with Crippen molar-refractivity contribution in [3.63, 3.8) is 0 Å². The van der Waals surface area contributed by atoms with Crippen molar-refractivity contribution >= 4 is 63.8 Å². The number of carbonyl (C=O) groups is 2. The second-order valence-corrected chi connectivity index (χ2v) is 13.2. The number of allylic oxidation sites excluding steroid dienone is 1. The number of nitrogens with zero attached hydrogens (tertiary/aromatic N) is 2. The monoisotopic (exact) mass is 701 g/mol. The molecule has 256 valence electrons. The second-order valence-electron chi connectivity index (χ2n) is 12.4. The van der Waals surface area contributed by atoms with E-state index in [2.05, 4.69) is 26.9 Å². The quantitative estimate of drug-likeness (QED) is 0.0522. The number of fused-ring (bicyclic) bond motifs is 1. The Labute approximate surface area is 296 Å². The molecule has 4 N–H and O–H groups in total. The van der Waals surface area contributed by atoms with E-state index in [4.69, 9.17) is 27.9 Å². The minimum atomic E-state index is -0.977. The van der Waals surface area contributed by atoms with Gasteiger partial charge in [0.1, 0.15) is 5.75 Å². The van der Waals surface area contributed by atoms with Crippen molar-refractivity contribution in [1.82, 2.24) is 20.1 Å². The molecule has 5 aromatic rings. The van der Waals surface area contributed by atoms with Crippen molar-refractivity contribution in [2.45, 2.75) is 53.5 Å². The molecule has 2 aromatic heterocycles. The maximum absolute atomic E-state index is 12.1. The van der Waals surface area contributed by atoms with Gasteiger partial charge in [-0.3, -0.25) is 9.89 Å². The van der Waals surface area contributed by atoms with E-state index in [1.165, 1.54) is 0 Å². The molecule has 0 unspecified atom stereocenters. The lowest BCUT2D eigenvalue weighted by Crippen LogP contribution is -2.30. The van der Waals surface area contributed by atoms with Gasteiger partial charge < -0.3 is 25.0 Å². The Kier molecular flexibility index (Phi) is 11.1. The molecule has 1 atom stereocenters. The van der Waals surface area contributed by atoms with Crippen LogP contribution in [0.15, 0.2) is 48.7 Å². The van der Waals surface area contributed by atoms with Crippen LogP contribution < -0.4 is 15.4 Å². The second kappa shape index (κ2) is 15.2. The van der Waals surface area contributed by atoms with Gasteiger partial charge in [-0.1, -0.05) is 47.5 Å². The highest BCUT2D eigenvalue weighted by Gasteiger charge is 2.23. The molecule has 0 aliphatic carbocycles. The lowest BCUT2D eigenvalue weighted by atomic mass is 9.91. The number of amides is 1. The molecule has 1 amide bonds. The van der Waals surface area contributed by atoms with Gasteiger partial charge in [0.15, 0.2) is 0 Å². The number of para-hydroxylation sites is 1. The van der Waals surface area contributed by atoms with E-state index >= 15 is 0 Å². The maximum atomic E-state index is 12.1. The van der Waals surface area contributed by atoms with Crippen molar-refractivity contribution in [3.05, 3.63) is 97.9 Å². The van der Waals surface area contributed by atoms with E-state index < -0.39 is 5.97 Å². The van der Waals surface area contributed by atoms with Crippen molar-refractivity contribution in [1.29, 1.82) is 0 Å². The van der Waals surface area contributed by atoms with Gasteiger partial charge in [-0.05, 0) is 94.0 Å². The number of hydrogen-bond donors (Lipinski definition) is 4. The fourth-order valence-electron chi connectivity index (χ4n) is 6.38. The maximum Gasteiger partial charge on any atom is 0.337 e. The smallest absolute Gasteiger partial charge is 0.337 e. The molecule has 0 radical (unpaired) electrons. The zero-order chi connectivity index (χ0) is 35.4. The number of aromatic amines is 1. The number of halogens is 2. The van der Waals surface area contributed by atoms with Crippen LogP contribution in [0, 0.1) is 27.7 Å². The van der Waals surface area contributed by atoms with E-state index in [1.807, 2.05) is 88.7 Å². The first-order chi connectivity index (χ1) is 23.4. The minimum absolute atomic E-state index is 0.149. The number of anilines is 1. The fraction of sp³-hybridized carbons (Fsp3) is 0.289. The fourth-order valence-corrected chi connectivity index (χ4v) is 6.74. The first kappa shape index (κ1) is 35.6. The lowest BCUT2D eigenvalue weighted by molar-refractivity contribution is -0.109. The molecule has 49 heavy (non-hydrogen) atoms. The predicted octanol–water partition coefficient (Wildman–Crippen LogP) is 8.75. The Balaban J connectivity index is 1.66. The summed E-state index contributed by atoms with van der Waals surface area (Å²) in [4.78, 5) is 23.3. The molecule has 11 heteroatoms. The highest BCUT2D eigenvalue weighted by Crippen LogP contribution is 2.44. The SMILES string of the molecule is Cc1cc(OCCC/C(=C\c2cccc3c(C(=O)O)cn(C)c23)c2ccc(Cl)c(-c3c(C)n[nH]c3C)c2N[C@H](C)CNC=O)cc(C)c1Cl. The highest BCUT2D eigenvalue weighted by molar-refractivity contribution is 6.34. The first-order valence-corrected chi connectivity index (χ1v) is 16.9. The number of aryl methyl sites for hydroxylation is 5. The summed E-state index contributed by atoms with van der Waals surface area (Å²) in [5.41, 5.74) is 9.96. The largest absolute Gasteiger partial charge is 0.494 e. The highest BCUT2D eigenvalue weighted by atomic mass is 35.5. The third-order valence-corrected chi connectivity index (χ3v) is 9.55. The Morgan fingerprint density at radius 1 is 1.08 bits per heavy atom. The van der Waals surface area contributed by atoms with E-state index in [0.29, 0.717) is 42.8 Å². The molecule has 0 saturated heterocycles. The van der Waals surface area contributed by atoms with Crippen LogP contribution in [0.1, 0.15) is 63.8 Å². The van der Waals surface area contributed by atoms with Gasteiger partial charge in [0.05, 0.1) is 34.1 Å². The molecule has 3 aromatic carbocycles. The molecule has 0 saturated carbocycles. The number of carboxylic acid groups (broad SMARTS) is 1. The number of rotatable bonds is 14. The predicted molar refractivity (Wildman–Crippen MR) is 199 cm³/mol. The molecule has 5 rings (SSSR count). The number of benzene rings is 3. The van der Waals surface area contributed by atoms with E-state index in [1.54, 1.807) is 6.20 Å². The summed E-state index contributed by atoms with van der Waals surface area (Å²) >= 11 is 13.4. The Bertz CT molecular complexity index is 2020. The zero-order valence-electron chi connectivity index (χ0n) is 28.5. The lowest BCUT2D eigenvalue weighted by Gasteiger charge is -2.24. The van der Waals surface area contributed by atoms with Crippen LogP contribution in [0.3, 0.4) is 0 Å². The number of aromatic nitrogens is 3. The molecular formula is C38H41Cl2N5O4. The third kappa shape index (κ3) is 7.63. The Morgan fingerprint density at radius 2 is 1.82 bits per heavy atom. The number of hydrogen-bond acceptors (Lipinski definition) is 5. The minimum Gasteiger partial charge on any atom is -0.494 e. The number of aromatic carboxylic acids is 1. The third-order valence-electron chi connectivity index (χ3n) is 8.64. The summed E-state index contributed by atoms with van der Waals surface area (Å²) in [6.07, 6.45) is 5.75. The van der Waals surface area contributed by atoms with Gasteiger partial charge in [-0.15, -0.1) is 0 Å². The van der Waals surface area contributed by atoms with Crippen molar-refractivity contribution in [3.8, 4) is 16.9 Å².